The third-order valence-electron chi connectivity index (χ3n) is 2.55. The highest BCUT2D eigenvalue weighted by Gasteiger charge is 2.10. The second-order valence-corrected chi connectivity index (χ2v) is 4.16. The first kappa shape index (κ1) is 10.3. The summed E-state index contributed by atoms with van der Waals surface area (Å²) in [5.74, 6) is 0.517. The fourth-order valence-electron chi connectivity index (χ4n) is 1.82. The van der Waals surface area contributed by atoms with Gasteiger partial charge in [-0.15, -0.1) is 0 Å². The van der Waals surface area contributed by atoms with Crippen LogP contribution in [0.15, 0.2) is 6.20 Å². The SMILES string of the molecule is NC(=S)Nc1ncc2c(n1)CCCCC2. The van der Waals surface area contributed by atoms with Crippen LogP contribution in [-0.4, -0.2) is 15.1 Å². The predicted octanol–water partition coefficient (Wildman–Crippen LogP) is 1.40. The predicted molar refractivity (Wildman–Crippen MR) is 63.7 cm³/mol. The molecule has 1 aromatic heterocycles. The van der Waals surface area contributed by atoms with Crippen LogP contribution in [0.2, 0.25) is 0 Å². The largest absolute Gasteiger partial charge is 0.376 e. The summed E-state index contributed by atoms with van der Waals surface area (Å²) in [6.07, 6.45) is 7.71. The maximum absolute atomic E-state index is 5.37. The van der Waals surface area contributed by atoms with Crippen molar-refractivity contribution in [3.05, 3.63) is 17.5 Å². The summed E-state index contributed by atoms with van der Waals surface area (Å²) in [6.45, 7) is 0. The lowest BCUT2D eigenvalue weighted by Crippen LogP contribution is -2.21. The second-order valence-electron chi connectivity index (χ2n) is 3.72. The van der Waals surface area contributed by atoms with Crippen LogP contribution >= 0.6 is 12.2 Å². The molecule has 1 aliphatic carbocycles. The van der Waals surface area contributed by atoms with Crippen molar-refractivity contribution in [1.29, 1.82) is 0 Å². The standard InChI is InChI=1S/C10H14N4S/c11-9(15)14-10-12-6-7-4-2-1-3-5-8(7)13-10/h6H,1-5H2,(H3,11,12,13,14,15). The Bertz CT molecular complexity index is 378. The van der Waals surface area contributed by atoms with E-state index in [9.17, 15) is 0 Å². The average Bonchev–Trinajstić information content (AvgIpc) is 2.41. The van der Waals surface area contributed by atoms with Gasteiger partial charge in [0.05, 0.1) is 0 Å². The first-order valence-corrected chi connectivity index (χ1v) is 5.58. The van der Waals surface area contributed by atoms with Crippen LogP contribution in [0.3, 0.4) is 0 Å². The fraction of sp³-hybridized carbons (Fsp3) is 0.500. The molecular weight excluding hydrogens is 208 g/mol. The van der Waals surface area contributed by atoms with Gasteiger partial charge in [-0.3, -0.25) is 0 Å². The number of aromatic nitrogens is 2. The highest BCUT2D eigenvalue weighted by molar-refractivity contribution is 7.80. The van der Waals surface area contributed by atoms with Gasteiger partial charge in [-0.05, 0) is 43.5 Å². The molecule has 1 heterocycles. The molecule has 3 N–H and O–H groups in total. The Kier molecular flexibility index (Phi) is 3.11. The number of aryl methyl sites for hydroxylation is 2. The minimum atomic E-state index is 0.212. The summed E-state index contributed by atoms with van der Waals surface area (Å²) in [5.41, 5.74) is 7.78. The van der Waals surface area contributed by atoms with Crippen LogP contribution in [0.25, 0.3) is 0 Å². The van der Waals surface area contributed by atoms with E-state index in [1.165, 1.54) is 24.8 Å². The number of hydrogen-bond donors (Lipinski definition) is 2. The van der Waals surface area contributed by atoms with Crippen molar-refractivity contribution in [3.8, 4) is 0 Å². The summed E-state index contributed by atoms with van der Waals surface area (Å²) < 4.78 is 0. The third-order valence-corrected chi connectivity index (χ3v) is 2.65. The van der Waals surface area contributed by atoms with E-state index in [0.29, 0.717) is 5.95 Å². The average molecular weight is 222 g/mol. The number of fused-ring (bicyclic) bond motifs is 1. The monoisotopic (exact) mass is 222 g/mol. The molecule has 1 aromatic rings. The Labute approximate surface area is 94.3 Å². The zero-order chi connectivity index (χ0) is 10.7. The molecule has 1 aliphatic rings. The van der Waals surface area contributed by atoms with Gasteiger partial charge in [0.25, 0.3) is 0 Å². The molecule has 0 spiro atoms. The molecule has 0 aromatic carbocycles. The zero-order valence-corrected chi connectivity index (χ0v) is 9.31. The van der Waals surface area contributed by atoms with Gasteiger partial charge >= 0.3 is 0 Å². The zero-order valence-electron chi connectivity index (χ0n) is 8.49. The first-order valence-electron chi connectivity index (χ1n) is 5.17. The molecular formula is C10H14N4S. The molecule has 4 nitrogen and oxygen atoms in total. The van der Waals surface area contributed by atoms with Crippen LogP contribution in [-0.2, 0) is 12.8 Å². The van der Waals surface area contributed by atoms with E-state index in [4.69, 9.17) is 18.0 Å². The van der Waals surface area contributed by atoms with Crippen LogP contribution in [0, 0.1) is 0 Å². The number of hydrogen-bond acceptors (Lipinski definition) is 3. The second kappa shape index (κ2) is 4.53. The number of rotatable bonds is 1. The number of nitrogens with one attached hydrogen (secondary N) is 1. The van der Waals surface area contributed by atoms with Gasteiger partial charge in [-0.2, -0.15) is 0 Å². The lowest BCUT2D eigenvalue weighted by atomic mass is 10.1. The van der Waals surface area contributed by atoms with Gasteiger partial charge in [-0.1, -0.05) is 6.42 Å². The molecule has 0 saturated carbocycles. The van der Waals surface area contributed by atoms with Gasteiger partial charge in [0.15, 0.2) is 5.11 Å². The van der Waals surface area contributed by atoms with E-state index >= 15 is 0 Å². The minimum Gasteiger partial charge on any atom is -0.376 e. The normalized spacial score (nSPS) is 15.2. The van der Waals surface area contributed by atoms with E-state index in [2.05, 4.69) is 15.3 Å². The van der Waals surface area contributed by atoms with Gasteiger partial charge in [0.1, 0.15) is 0 Å². The van der Waals surface area contributed by atoms with Crippen molar-refractivity contribution in [1.82, 2.24) is 9.97 Å². The summed E-state index contributed by atoms with van der Waals surface area (Å²) in [4.78, 5) is 8.61. The van der Waals surface area contributed by atoms with E-state index < -0.39 is 0 Å². The van der Waals surface area contributed by atoms with Crippen molar-refractivity contribution in [2.75, 3.05) is 5.32 Å². The van der Waals surface area contributed by atoms with Crippen molar-refractivity contribution in [2.45, 2.75) is 32.1 Å². The summed E-state index contributed by atoms with van der Waals surface area (Å²) in [7, 11) is 0. The molecule has 0 radical (unpaired) electrons. The Morgan fingerprint density at radius 3 is 2.93 bits per heavy atom. The van der Waals surface area contributed by atoms with E-state index in [-0.39, 0.29) is 5.11 Å². The minimum absolute atomic E-state index is 0.212. The summed E-state index contributed by atoms with van der Waals surface area (Å²) in [6, 6.07) is 0. The molecule has 0 saturated heterocycles. The molecule has 0 unspecified atom stereocenters. The molecule has 0 amide bonds. The summed E-state index contributed by atoms with van der Waals surface area (Å²) in [5, 5.41) is 2.97. The molecule has 0 fully saturated rings. The van der Waals surface area contributed by atoms with E-state index in [1.54, 1.807) is 0 Å². The molecule has 0 bridgehead atoms. The van der Waals surface area contributed by atoms with Crippen LogP contribution in [0.4, 0.5) is 5.95 Å². The molecule has 0 aliphatic heterocycles. The molecule has 2 rings (SSSR count). The van der Waals surface area contributed by atoms with Gasteiger partial charge < -0.3 is 11.1 Å². The highest BCUT2D eigenvalue weighted by atomic mass is 32.1. The number of thiocarbonyl (C=S) groups is 1. The smallest absolute Gasteiger partial charge is 0.229 e. The lowest BCUT2D eigenvalue weighted by Gasteiger charge is -2.07. The van der Waals surface area contributed by atoms with Gasteiger partial charge in [0.2, 0.25) is 5.95 Å². The molecule has 0 atom stereocenters. The van der Waals surface area contributed by atoms with Crippen LogP contribution < -0.4 is 11.1 Å². The maximum atomic E-state index is 5.37. The van der Waals surface area contributed by atoms with Crippen molar-refractivity contribution < 1.29 is 0 Å². The Hall–Kier alpha value is -1.23. The van der Waals surface area contributed by atoms with Crippen molar-refractivity contribution >= 4 is 23.3 Å². The van der Waals surface area contributed by atoms with Crippen molar-refractivity contribution in [3.63, 3.8) is 0 Å². The molecule has 5 heteroatoms. The third kappa shape index (κ3) is 2.62. The quantitative estimate of drug-likeness (QED) is 0.555. The maximum Gasteiger partial charge on any atom is 0.229 e. The van der Waals surface area contributed by atoms with Crippen LogP contribution in [0.5, 0.6) is 0 Å². The Morgan fingerprint density at radius 2 is 2.13 bits per heavy atom. The topological polar surface area (TPSA) is 63.8 Å². The van der Waals surface area contributed by atoms with E-state index in [0.717, 1.165) is 18.5 Å². The first-order chi connectivity index (χ1) is 7.25. The van der Waals surface area contributed by atoms with Gasteiger partial charge in [0, 0.05) is 11.9 Å². The van der Waals surface area contributed by atoms with Crippen molar-refractivity contribution in [2.24, 2.45) is 5.73 Å². The van der Waals surface area contributed by atoms with E-state index in [1.807, 2.05) is 6.20 Å². The number of nitrogens with two attached hydrogens (primary N) is 1. The Morgan fingerprint density at radius 1 is 1.33 bits per heavy atom. The number of anilines is 1. The summed E-state index contributed by atoms with van der Waals surface area (Å²) >= 11 is 4.75. The highest BCUT2D eigenvalue weighted by Crippen LogP contribution is 2.18. The van der Waals surface area contributed by atoms with Gasteiger partial charge in [-0.25, -0.2) is 9.97 Å². The van der Waals surface area contributed by atoms with Crippen LogP contribution in [0.1, 0.15) is 30.5 Å². The lowest BCUT2D eigenvalue weighted by molar-refractivity contribution is 0.709. The molecule has 80 valence electrons. The fourth-order valence-corrected chi connectivity index (χ4v) is 1.91. The Balaban J connectivity index is 2.23. The molecule has 15 heavy (non-hydrogen) atoms. The number of nitrogens with zero attached hydrogens (tertiary/aromatic N) is 2.